The van der Waals surface area contributed by atoms with E-state index < -0.39 is 15.9 Å². The predicted octanol–water partition coefficient (Wildman–Crippen LogP) is 3.89. The number of ether oxygens (including phenoxy) is 2. The van der Waals surface area contributed by atoms with Crippen LogP contribution in [0.5, 0.6) is 17.2 Å². The molecule has 1 unspecified atom stereocenters. The number of sulfone groups is 1. The zero-order valence-electron chi connectivity index (χ0n) is 17.9. The van der Waals surface area contributed by atoms with Crippen LogP contribution in [0.15, 0.2) is 59.5 Å². The van der Waals surface area contributed by atoms with Gasteiger partial charge in [0, 0.05) is 23.6 Å². The summed E-state index contributed by atoms with van der Waals surface area (Å²) in [5.41, 5.74) is 2.99. The van der Waals surface area contributed by atoms with Crippen LogP contribution < -0.4 is 9.47 Å². The molecule has 1 atom stereocenters. The summed E-state index contributed by atoms with van der Waals surface area (Å²) in [6.07, 6.45) is 0.745. The van der Waals surface area contributed by atoms with Gasteiger partial charge in [-0.05, 0) is 62.4 Å². The van der Waals surface area contributed by atoms with Crippen molar-refractivity contribution in [2.45, 2.75) is 24.8 Å². The highest BCUT2D eigenvalue weighted by Crippen LogP contribution is 2.33. The fourth-order valence-corrected chi connectivity index (χ4v) is 3.75. The Hall–Kier alpha value is -3.43. The molecule has 2 N–H and O–H groups in total. The van der Waals surface area contributed by atoms with Gasteiger partial charge < -0.3 is 19.6 Å². The number of H-pyrrole nitrogens is 1. The van der Waals surface area contributed by atoms with E-state index in [1.54, 1.807) is 37.3 Å². The van der Waals surface area contributed by atoms with Gasteiger partial charge in [-0.2, -0.15) is 0 Å². The van der Waals surface area contributed by atoms with Crippen LogP contribution in [-0.2, 0) is 9.84 Å². The van der Waals surface area contributed by atoms with Gasteiger partial charge in [0.2, 0.25) is 0 Å². The molecule has 0 amide bonds. The van der Waals surface area contributed by atoms with Crippen molar-refractivity contribution >= 4 is 21.0 Å². The molecule has 0 saturated carbocycles. The first-order valence-electron chi connectivity index (χ1n) is 9.95. The number of aryl methyl sites for hydroxylation is 1. The summed E-state index contributed by atoms with van der Waals surface area (Å²) in [4.78, 5) is 12.5. The monoisotopic (exact) mass is 453 g/mol. The molecule has 2 heterocycles. The molecule has 0 spiro atoms. The lowest BCUT2D eigenvalue weighted by Crippen LogP contribution is -2.16. The molecule has 0 radical (unpaired) electrons. The molecule has 8 nitrogen and oxygen atoms in total. The number of benzene rings is 2. The molecule has 2 aromatic carbocycles. The van der Waals surface area contributed by atoms with Gasteiger partial charge in [-0.3, -0.25) is 0 Å². The number of nitrogens with one attached hydrogen (secondary N) is 1. The first-order valence-corrected chi connectivity index (χ1v) is 11.8. The Kier molecular flexibility index (Phi) is 5.86. The van der Waals surface area contributed by atoms with E-state index in [4.69, 9.17) is 9.47 Å². The molecule has 2 aromatic heterocycles. The summed E-state index contributed by atoms with van der Waals surface area (Å²) in [5, 5.41) is 9.37. The lowest BCUT2D eigenvalue weighted by atomic mass is 10.2. The fourth-order valence-electron chi connectivity index (χ4n) is 3.12. The number of aromatic amines is 1. The highest BCUT2D eigenvalue weighted by molar-refractivity contribution is 7.90. The lowest BCUT2D eigenvalue weighted by molar-refractivity contribution is 0.129. The molecule has 9 heteroatoms. The number of nitrogens with zero attached hydrogens (tertiary/aromatic N) is 2. The SMILES string of the molecule is Cc1ccc2[nH]c(-c3cc(Oc4ccc(S(C)(=O)=O)cc4)cc(OC(C)CO)c3)nc2n1. The smallest absolute Gasteiger partial charge is 0.178 e. The van der Waals surface area contributed by atoms with E-state index in [2.05, 4.69) is 15.0 Å². The Morgan fingerprint density at radius 3 is 2.41 bits per heavy atom. The minimum absolute atomic E-state index is 0.138. The van der Waals surface area contributed by atoms with E-state index in [1.165, 1.54) is 12.1 Å². The number of hydrogen-bond donors (Lipinski definition) is 2. The van der Waals surface area contributed by atoms with Crippen LogP contribution in [-0.4, -0.2) is 47.4 Å². The number of aromatic nitrogens is 3. The summed E-state index contributed by atoms with van der Waals surface area (Å²) in [6.45, 7) is 3.52. The topological polar surface area (TPSA) is 114 Å². The highest BCUT2D eigenvalue weighted by Gasteiger charge is 2.13. The Morgan fingerprint density at radius 2 is 1.72 bits per heavy atom. The van der Waals surface area contributed by atoms with Crippen molar-refractivity contribution < 1.29 is 23.0 Å². The average Bonchev–Trinajstić information content (AvgIpc) is 3.16. The third kappa shape index (κ3) is 4.90. The fraction of sp³-hybridized carbons (Fsp3) is 0.217. The number of hydrogen-bond acceptors (Lipinski definition) is 7. The maximum absolute atomic E-state index is 11.7. The summed E-state index contributed by atoms with van der Waals surface area (Å²) in [7, 11) is -3.29. The minimum atomic E-state index is -3.29. The van der Waals surface area contributed by atoms with Gasteiger partial charge in [0.15, 0.2) is 15.5 Å². The number of imidazole rings is 1. The van der Waals surface area contributed by atoms with Gasteiger partial charge in [0.1, 0.15) is 29.2 Å². The van der Waals surface area contributed by atoms with Gasteiger partial charge in [-0.15, -0.1) is 0 Å². The molecule has 0 aliphatic carbocycles. The maximum Gasteiger partial charge on any atom is 0.178 e. The number of aliphatic hydroxyl groups is 1. The van der Waals surface area contributed by atoms with Crippen molar-refractivity contribution in [2.75, 3.05) is 12.9 Å². The average molecular weight is 454 g/mol. The molecule has 0 fully saturated rings. The Labute approximate surface area is 185 Å². The molecule has 0 aliphatic rings. The first-order chi connectivity index (χ1) is 15.2. The quantitative estimate of drug-likeness (QED) is 0.436. The van der Waals surface area contributed by atoms with Crippen LogP contribution >= 0.6 is 0 Å². The zero-order chi connectivity index (χ0) is 22.9. The molecule has 4 rings (SSSR count). The molecule has 0 bridgehead atoms. The molecule has 0 aliphatic heterocycles. The summed E-state index contributed by atoms with van der Waals surface area (Å²) in [5.74, 6) is 2.03. The van der Waals surface area contributed by atoms with Gasteiger partial charge in [0.05, 0.1) is 17.0 Å². The van der Waals surface area contributed by atoms with Crippen LogP contribution in [0.25, 0.3) is 22.6 Å². The molecule has 166 valence electrons. The second kappa shape index (κ2) is 8.60. The Balaban J connectivity index is 1.71. The molecule has 4 aromatic rings. The normalized spacial score (nSPS) is 12.6. The van der Waals surface area contributed by atoms with E-state index in [0.29, 0.717) is 34.3 Å². The van der Waals surface area contributed by atoms with Crippen LogP contribution in [0.1, 0.15) is 12.6 Å². The van der Waals surface area contributed by atoms with E-state index in [1.807, 2.05) is 19.1 Å². The van der Waals surface area contributed by atoms with E-state index in [9.17, 15) is 13.5 Å². The van der Waals surface area contributed by atoms with Gasteiger partial charge >= 0.3 is 0 Å². The minimum Gasteiger partial charge on any atom is -0.488 e. The molecule has 32 heavy (non-hydrogen) atoms. The van der Waals surface area contributed by atoms with Crippen molar-refractivity contribution in [2.24, 2.45) is 0 Å². The Bertz CT molecular complexity index is 1360. The third-order valence-electron chi connectivity index (χ3n) is 4.72. The van der Waals surface area contributed by atoms with Gasteiger partial charge in [-0.1, -0.05) is 0 Å². The van der Waals surface area contributed by atoms with Gasteiger partial charge in [-0.25, -0.2) is 18.4 Å². The van der Waals surface area contributed by atoms with Gasteiger partial charge in [0.25, 0.3) is 0 Å². The number of pyridine rings is 1. The number of rotatable bonds is 7. The largest absolute Gasteiger partial charge is 0.488 e. The summed E-state index contributed by atoms with van der Waals surface area (Å²) in [6, 6.07) is 15.3. The van der Waals surface area contributed by atoms with E-state index in [0.717, 1.165) is 17.5 Å². The summed E-state index contributed by atoms with van der Waals surface area (Å²) >= 11 is 0. The lowest BCUT2D eigenvalue weighted by Gasteiger charge is -2.15. The predicted molar refractivity (Wildman–Crippen MR) is 121 cm³/mol. The van der Waals surface area contributed by atoms with Crippen LogP contribution in [0.4, 0.5) is 0 Å². The third-order valence-corrected chi connectivity index (χ3v) is 5.85. The molecular weight excluding hydrogens is 430 g/mol. The second-order valence-electron chi connectivity index (χ2n) is 7.56. The molecular formula is C23H23N3O5S. The Morgan fingerprint density at radius 1 is 1.00 bits per heavy atom. The van der Waals surface area contributed by atoms with Crippen LogP contribution in [0, 0.1) is 6.92 Å². The van der Waals surface area contributed by atoms with E-state index >= 15 is 0 Å². The van der Waals surface area contributed by atoms with Crippen molar-refractivity contribution in [3.8, 4) is 28.6 Å². The van der Waals surface area contributed by atoms with Crippen molar-refractivity contribution in [1.29, 1.82) is 0 Å². The standard InChI is InChI=1S/C23H23N3O5S/c1-14-4-9-21-23(24-14)26-22(25-21)16-10-18(30-15(2)13-27)12-19(11-16)31-17-5-7-20(8-6-17)32(3,28)29/h4-12,15,27H,13H2,1-3H3,(H,24,25,26). The van der Waals surface area contributed by atoms with E-state index in [-0.39, 0.29) is 11.5 Å². The molecule has 0 saturated heterocycles. The highest BCUT2D eigenvalue weighted by atomic mass is 32.2. The summed E-state index contributed by atoms with van der Waals surface area (Å²) < 4.78 is 35.1. The van der Waals surface area contributed by atoms with Crippen molar-refractivity contribution in [1.82, 2.24) is 15.0 Å². The zero-order valence-corrected chi connectivity index (χ0v) is 18.7. The number of aliphatic hydroxyl groups excluding tert-OH is 1. The first kappa shape index (κ1) is 21.8. The number of fused-ring (bicyclic) bond motifs is 1. The van der Waals surface area contributed by atoms with Crippen LogP contribution in [0.3, 0.4) is 0 Å². The van der Waals surface area contributed by atoms with Crippen LogP contribution in [0.2, 0.25) is 0 Å². The van der Waals surface area contributed by atoms with Crippen molar-refractivity contribution in [3.63, 3.8) is 0 Å². The van der Waals surface area contributed by atoms with Crippen molar-refractivity contribution in [3.05, 3.63) is 60.3 Å². The maximum atomic E-state index is 11.7. The second-order valence-corrected chi connectivity index (χ2v) is 9.57.